The molecule has 0 bridgehead atoms. The second-order valence-corrected chi connectivity index (χ2v) is 7.93. The highest BCUT2D eigenvalue weighted by atomic mass is 32.2. The molecular weight excluding hydrogens is 363 g/mol. The minimum atomic E-state index is -0.269. The maximum Gasteiger partial charge on any atom is 0.184 e. The second kappa shape index (κ2) is 7.92. The standard InChI is InChI=1S/C17H15FN2OS3/c1-21-15-8-2-12(3-9-15)10-11-23-16-19-20(17(22)24-16)14-6-4-13(18)5-7-14/h2-9H,10-11H2,1H3. The maximum atomic E-state index is 13.0. The molecule has 0 aliphatic heterocycles. The van der Waals surface area contributed by atoms with Crippen molar-refractivity contribution < 1.29 is 9.13 Å². The highest BCUT2D eigenvalue weighted by Gasteiger charge is 2.07. The first-order chi connectivity index (χ1) is 11.7. The van der Waals surface area contributed by atoms with Gasteiger partial charge in [0.2, 0.25) is 0 Å². The average Bonchev–Trinajstić information content (AvgIpc) is 2.97. The molecule has 0 radical (unpaired) electrons. The van der Waals surface area contributed by atoms with E-state index >= 15 is 0 Å². The van der Waals surface area contributed by atoms with E-state index in [4.69, 9.17) is 17.0 Å². The van der Waals surface area contributed by atoms with Gasteiger partial charge in [0.15, 0.2) is 8.29 Å². The van der Waals surface area contributed by atoms with Crippen molar-refractivity contribution in [3.63, 3.8) is 0 Å². The summed E-state index contributed by atoms with van der Waals surface area (Å²) in [4.78, 5) is 0. The number of halogens is 1. The zero-order valence-corrected chi connectivity index (χ0v) is 15.4. The predicted octanol–water partition coefficient (Wildman–Crippen LogP) is 5.15. The number of hydrogen-bond donors (Lipinski definition) is 0. The molecule has 0 saturated carbocycles. The monoisotopic (exact) mass is 378 g/mol. The molecule has 0 atom stereocenters. The van der Waals surface area contributed by atoms with Gasteiger partial charge in [-0.2, -0.15) is 0 Å². The van der Waals surface area contributed by atoms with Crippen LogP contribution in [0.3, 0.4) is 0 Å². The highest BCUT2D eigenvalue weighted by molar-refractivity contribution is 8.01. The number of rotatable bonds is 6. The minimum Gasteiger partial charge on any atom is -0.497 e. The zero-order chi connectivity index (χ0) is 16.9. The van der Waals surface area contributed by atoms with E-state index in [1.807, 2.05) is 12.1 Å². The Kier molecular flexibility index (Phi) is 5.65. The Labute approximate surface area is 153 Å². The summed E-state index contributed by atoms with van der Waals surface area (Å²) in [7, 11) is 1.66. The molecular formula is C17H15FN2OS3. The Balaban J connectivity index is 1.62. The van der Waals surface area contributed by atoms with Gasteiger partial charge in [0.05, 0.1) is 12.8 Å². The first-order valence-electron chi connectivity index (χ1n) is 7.27. The van der Waals surface area contributed by atoms with Gasteiger partial charge in [0.1, 0.15) is 11.6 Å². The van der Waals surface area contributed by atoms with E-state index in [2.05, 4.69) is 17.2 Å². The van der Waals surface area contributed by atoms with Crippen LogP contribution in [-0.2, 0) is 6.42 Å². The lowest BCUT2D eigenvalue weighted by Crippen LogP contribution is -1.96. The fourth-order valence-corrected chi connectivity index (χ4v) is 4.53. The SMILES string of the molecule is COc1ccc(CCSc2nn(-c3ccc(F)cc3)c(=S)s2)cc1. The van der Waals surface area contributed by atoms with Crippen LogP contribution in [0.25, 0.3) is 5.69 Å². The van der Waals surface area contributed by atoms with E-state index < -0.39 is 0 Å². The van der Waals surface area contributed by atoms with Crippen molar-refractivity contribution in [2.45, 2.75) is 10.8 Å². The van der Waals surface area contributed by atoms with Crippen LogP contribution in [0.15, 0.2) is 52.9 Å². The Hall–Kier alpha value is -1.70. The van der Waals surface area contributed by atoms with Crippen LogP contribution in [0.4, 0.5) is 4.39 Å². The molecule has 0 N–H and O–H groups in total. The summed E-state index contributed by atoms with van der Waals surface area (Å²) in [5, 5.41) is 4.52. The van der Waals surface area contributed by atoms with Gasteiger partial charge in [0, 0.05) is 5.75 Å². The van der Waals surface area contributed by atoms with Gasteiger partial charge in [-0.1, -0.05) is 35.2 Å². The summed E-state index contributed by atoms with van der Waals surface area (Å²) in [5.74, 6) is 1.51. The van der Waals surface area contributed by atoms with Crippen LogP contribution >= 0.6 is 35.3 Å². The molecule has 24 heavy (non-hydrogen) atoms. The van der Waals surface area contributed by atoms with E-state index in [0.717, 1.165) is 28.0 Å². The number of benzene rings is 2. The van der Waals surface area contributed by atoms with Crippen LogP contribution in [-0.4, -0.2) is 22.6 Å². The Morgan fingerprint density at radius 1 is 1.17 bits per heavy atom. The fraction of sp³-hybridized carbons (Fsp3) is 0.176. The quantitative estimate of drug-likeness (QED) is 0.438. The Morgan fingerprint density at radius 2 is 1.88 bits per heavy atom. The third kappa shape index (κ3) is 4.23. The number of nitrogens with zero attached hydrogens (tertiary/aromatic N) is 2. The topological polar surface area (TPSA) is 27.1 Å². The van der Waals surface area contributed by atoms with Crippen molar-refractivity contribution in [2.24, 2.45) is 0 Å². The molecule has 0 spiro atoms. The number of thioether (sulfide) groups is 1. The summed E-state index contributed by atoms with van der Waals surface area (Å²) >= 11 is 8.50. The van der Waals surface area contributed by atoms with Crippen LogP contribution in [0.2, 0.25) is 0 Å². The molecule has 0 unspecified atom stereocenters. The van der Waals surface area contributed by atoms with Crippen molar-refractivity contribution in [3.05, 3.63) is 63.9 Å². The van der Waals surface area contributed by atoms with Gasteiger partial charge in [-0.25, -0.2) is 9.07 Å². The lowest BCUT2D eigenvalue weighted by Gasteiger charge is -2.02. The molecule has 3 aromatic rings. The van der Waals surface area contributed by atoms with Crippen molar-refractivity contribution in [1.82, 2.24) is 9.78 Å². The van der Waals surface area contributed by atoms with Gasteiger partial charge in [0.25, 0.3) is 0 Å². The maximum absolute atomic E-state index is 13.0. The first kappa shape index (κ1) is 17.1. The van der Waals surface area contributed by atoms with Gasteiger partial charge < -0.3 is 4.74 Å². The molecule has 3 rings (SSSR count). The molecule has 0 saturated heterocycles. The number of ether oxygens (including phenoxy) is 1. The molecule has 7 heteroatoms. The van der Waals surface area contributed by atoms with E-state index in [1.165, 1.54) is 29.0 Å². The van der Waals surface area contributed by atoms with Crippen molar-refractivity contribution >= 4 is 35.3 Å². The molecule has 1 aromatic heterocycles. The summed E-state index contributed by atoms with van der Waals surface area (Å²) < 4.78 is 21.4. The Bertz CT molecular complexity index is 857. The third-order valence-corrected chi connectivity index (χ3v) is 5.74. The molecule has 2 aromatic carbocycles. The normalized spacial score (nSPS) is 10.8. The van der Waals surface area contributed by atoms with Crippen LogP contribution in [0.5, 0.6) is 5.75 Å². The highest BCUT2D eigenvalue weighted by Crippen LogP contribution is 2.25. The average molecular weight is 379 g/mol. The van der Waals surface area contributed by atoms with E-state index in [0.29, 0.717) is 3.95 Å². The third-order valence-electron chi connectivity index (χ3n) is 3.38. The summed E-state index contributed by atoms with van der Waals surface area (Å²) in [6.45, 7) is 0. The predicted molar refractivity (Wildman–Crippen MR) is 99.7 cm³/mol. The smallest absolute Gasteiger partial charge is 0.184 e. The minimum absolute atomic E-state index is 0.269. The van der Waals surface area contributed by atoms with Gasteiger partial charge >= 0.3 is 0 Å². The summed E-state index contributed by atoms with van der Waals surface area (Å²) in [6, 6.07) is 14.2. The zero-order valence-electron chi connectivity index (χ0n) is 12.9. The molecule has 0 fully saturated rings. The van der Waals surface area contributed by atoms with Crippen molar-refractivity contribution in [2.75, 3.05) is 12.9 Å². The van der Waals surface area contributed by atoms with E-state index in [-0.39, 0.29) is 5.82 Å². The molecule has 1 heterocycles. The molecule has 0 amide bonds. The second-order valence-electron chi connectivity index (χ2n) is 4.97. The van der Waals surface area contributed by atoms with Gasteiger partial charge in [-0.05, 0) is 60.6 Å². The van der Waals surface area contributed by atoms with Crippen molar-refractivity contribution in [3.8, 4) is 11.4 Å². The van der Waals surface area contributed by atoms with Crippen molar-refractivity contribution in [1.29, 1.82) is 0 Å². The van der Waals surface area contributed by atoms with Gasteiger partial charge in [-0.15, -0.1) is 5.10 Å². The van der Waals surface area contributed by atoms with Crippen LogP contribution in [0, 0.1) is 9.77 Å². The number of aryl methyl sites for hydroxylation is 1. The summed E-state index contributed by atoms with van der Waals surface area (Å²) in [5.41, 5.74) is 2.03. The van der Waals surface area contributed by atoms with E-state index in [1.54, 1.807) is 35.7 Å². The van der Waals surface area contributed by atoms with Crippen LogP contribution in [0.1, 0.15) is 5.56 Å². The number of methoxy groups -OCH3 is 1. The Morgan fingerprint density at radius 3 is 2.54 bits per heavy atom. The lowest BCUT2D eigenvalue weighted by molar-refractivity contribution is 0.414. The van der Waals surface area contributed by atoms with E-state index in [9.17, 15) is 4.39 Å². The molecule has 124 valence electrons. The molecule has 0 aliphatic rings. The number of aromatic nitrogens is 2. The largest absolute Gasteiger partial charge is 0.497 e. The van der Waals surface area contributed by atoms with Gasteiger partial charge in [-0.3, -0.25) is 0 Å². The first-order valence-corrected chi connectivity index (χ1v) is 9.48. The summed E-state index contributed by atoms with van der Waals surface area (Å²) in [6.07, 6.45) is 0.942. The fourth-order valence-electron chi connectivity index (χ4n) is 2.11. The van der Waals surface area contributed by atoms with Crippen LogP contribution < -0.4 is 4.74 Å². The lowest BCUT2D eigenvalue weighted by atomic mass is 10.2. The molecule has 0 aliphatic carbocycles. The number of hydrogen-bond acceptors (Lipinski definition) is 5. The molecule has 3 nitrogen and oxygen atoms in total.